The maximum atomic E-state index is 13.7. The molecule has 0 bridgehead atoms. The van der Waals surface area contributed by atoms with Crippen molar-refractivity contribution < 1.29 is 13.5 Å². The van der Waals surface area contributed by atoms with Crippen LogP contribution in [-0.2, 0) is 6.42 Å². The number of benzene rings is 2. The van der Waals surface area contributed by atoms with Gasteiger partial charge in [-0.3, -0.25) is 0 Å². The first-order valence-corrected chi connectivity index (χ1v) is 7.47. The second kappa shape index (κ2) is 5.64. The number of rotatable bonds is 3. The average Bonchev–Trinajstić information content (AvgIpc) is 2.79. The summed E-state index contributed by atoms with van der Waals surface area (Å²) in [4.78, 5) is 0. The molecule has 0 amide bonds. The van der Waals surface area contributed by atoms with Gasteiger partial charge in [0.05, 0.1) is 6.54 Å². The molecule has 3 rings (SSSR count). The van der Waals surface area contributed by atoms with E-state index in [9.17, 15) is 8.78 Å². The lowest BCUT2D eigenvalue weighted by atomic mass is 10.1. The second-order valence-corrected chi connectivity index (χ2v) is 6.10. The minimum absolute atomic E-state index is 0.117. The molecule has 1 atom stereocenters. The summed E-state index contributed by atoms with van der Waals surface area (Å²) >= 11 is 3.06. The first kappa shape index (κ1) is 14.3. The predicted molar refractivity (Wildman–Crippen MR) is 81.8 cm³/mol. The molecule has 0 saturated carbocycles. The highest BCUT2D eigenvalue weighted by Crippen LogP contribution is 2.30. The fraction of sp³-hybridized carbons (Fsp3) is 0.250. The van der Waals surface area contributed by atoms with Crippen LogP contribution in [0.3, 0.4) is 0 Å². The van der Waals surface area contributed by atoms with Crippen molar-refractivity contribution in [3.63, 3.8) is 0 Å². The van der Waals surface area contributed by atoms with Gasteiger partial charge in [0.1, 0.15) is 29.2 Å². The Balaban J connectivity index is 1.68. The first-order chi connectivity index (χ1) is 10.0. The quantitative estimate of drug-likeness (QED) is 0.879. The third kappa shape index (κ3) is 3.02. The Kier molecular flexibility index (Phi) is 3.85. The monoisotopic (exact) mass is 353 g/mol. The van der Waals surface area contributed by atoms with Crippen molar-refractivity contribution in [2.45, 2.75) is 19.4 Å². The number of halogens is 3. The van der Waals surface area contributed by atoms with Crippen LogP contribution in [0, 0.1) is 18.6 Å². The lowest BCUT2D eigenvalue weighted by Gasteiger charge is -2.14. The Morgan fingerprint density at radius 1 is 1.24 bits per heavy atom. The lowest BCUT2D eigenvalue weighted by Crippen LogP contribution is -2.24. The summed E-state index contributed by atoms with van der Waals surface area (Å²) in [6, 6.07) is 8.47. The van der Waals surface area contributed by atoms with Crippen LogP contribution in [-0.4, -0.2) is 12.6 Å². The van der Waals surface area contributed by atoms with E-state index in [1.807, 2.05) is 19.1 Å². The van der Waals surface area contributed by atoms with Gasteiger partial charge in [0, 0.05) is 10.9 Å². The molecule has 21 heavy (non-hydrogen) atoms. The van der Waals surface area contributed by atoms with Crippen molar-refractivity contribution >= 4 is 21.6 Å². The van der Waals surface area contributed by atoms with Crippen LogP contribution in [0.1, 0.15) is 11.1 Å². The van der Waals surface area contributed by atoms with E-state index in [0.717, 1.165) is 17.7 Å². The third-order valence-corrected chi connectivity index (χ3v) is 3.93. The van der Waals surface area contributed by atoms with Gasteiger partial charge in [0.25, 0.3) is 0 Å². The molecule has 1 aliphatic rings. The molecule has 1 heterocycles. The zero-order valence-electron chi connectivity index (χ0n) is 11.4. The van der Waals surface area contributed by atoms with Crippen LogP contribution in [0.5, 0.6) is 5.75 Å². The van der Waals surface area contributed by atoms with Crippen molar-refractivity contribution in [2.75, 3.05) is 11.9 Å². The second-order valence-electron chi connectivity index (χ2n) is 5.18. The topological polar surface area (TPSA) is 21.3 Å². The molecule has 1 unspecified atom stereocenters. The van der Waals surface area contributed by atoms with Crippen LogP contribution < -0.4 is 10.1 Å². The number of ether oxygens (including phenoxy) is 1. The lowest BCUT2D eigenvalue weighted by molar-refractivity contribution is 0.246. The van der Waals surface area contributed by atoms with Gasteiger partial charge in [-0.15, -0.1) is 0 Å². The molecular weight excluding hydrogens is 340 g/mol. The SMILES string of the molecule is Cc1ccc2c(c1)CC(CNc1c(F)cc(Br)cc1F)O2. The molecule has 1 aliphatic heterocycles. The molecule has 1 N–H and O–H groups in total. The van der Waals surface area contributed by atoms with E-state index in [1.54, 1.807) is 0 Å². The molecule has 110 valence electrons. The molecule has 0 spiro atoms. The minimum Gasteiger partial charge on any atom is -0.488 e. The van der Waals surface area contributed by atoms with Crippen LogP contribution in [0.4, 0.5) is 14.5 Å². The van der Waals surface area contributed by atoms with Crippen LogP contribution in [0.15, 0.2) is 34.8 Å². The first-order valence-electron chi connectivity index (χ1n) is 6.67. The van der Waals surface area contributed by atoms with E-state index in [0.29, 0.717) is 11.0 Å². The number of aryl methyl sites for hydroxylation is 1. The fourth-order valence-corrected chi connectivity index (χ4v) is 2.89. The van der Waals surface area contributed by atoms with Gasteiger partial charge in [-0.2, -0.15) is 0 Å². The van der Waals surface area contributed by atoms with Crippen molar-refractivity contribution in [3.8, 4) is 5.75 Å². The number of hydrogen-bond donors (Lipinski definition) is 1. The number of hydrogen-bond acceptors (Lipinski definition) is 2. The van der Waals surface area contributed by atoms with E-state index in [-0.39, 0.29) is 11.8 Å². The molecule has 0 fully saturated rings. The number of nitrogens with one attached hydrogen (secondary N) is 1. The summed E-state index contributed by atoms with van der Waals surface area (Å²) in [5, 5.41) is 2.80. The Morgan fingerprint density at radius 2 is 1.95 bits per heavy atom. The van der Waals surface area contributed by atoms with Gasteiger partial charge in [0.15, 0.2) is 0 Å². The Morgan fingerprint density at radius 3 is 2.67 bits per heavy atom. The van der Waals surface area contributed by atoms with Gasteiger partial charge in [0.2, 0.25) is 0 Å². The summed E-state index contributed by atoms with van der Waals surface area (Å²) in [7, 11) is 0. The molecule has 2 nitrogen and oxygen atoms in total. The third-order valence-electron chi connectivity index (χ3n) is 3.47. The summed E-state index contributed by atoms with van der Waals surface area (Å²) < 4.78 is 33.6. The summed E-state index contributed by atoms with van der Waals surface area (Å²) in [5.41, 5.74) is 2.20. The summed E-state index contributed by atoms with van der Waals surface area (Å²) in [5.74, 6) is -0.384. The van der Waals surface area contributed by atoms with Gasteiger partial charge < -0.3 is 10.1 Å². The standard InChI is InChI=1S/C16H14BrF2NO/c1-9-2-3-15-10(4-9)5-12(21-15)8-20-16-13(18)6-11(17)7-14(16)19/h2-4,6-7,12,20H,5,8H2,1H3. The highest BCUT2D eigenvalue weighted by atomic mass is 79.9. The average molecular weight is 354 g/mol. The fourth-order valence-electron chi connectivity index (χ4n) is 2.49. The Bertz CT molecular complexity index is 667. The zero-order chi connectivity index (χ0) is 15.0. The molecule has 2 aromatic rings. The minimum atomic E-state index is -0.617. The molecule has 0 aromatic heterocycles. The van der Waals surface area contributed by atoms with Crippen molar-refractivity contribution in [1.82, 2.24) is 0 Å². The van der Waals surface area contributed by atoms with Gasteiger partial charge in [-0.05, 0) is 30.7 Å². The Hall–Kier alpha value is -1.62. The molecule has 0 saturated heterocycles. The van der Waals surface area contributed by atoms with E-state index in [1.165, 1.54) is 17.7 Å². The largest absolute Gasteiger partial charge is 0.488 e. The van der Waals surface area contributed by atoms with Crippen molar-refractivity contribution in [3.05, 3.63) is 57.6 Å². The highest BCUT2D eigenvalue weighted by molar-refractivity contribution is 9.10. The summed E-state index contributed by atoms with van der Waals surface area (Å²) in [6.45, 7) is 2.38. The molecule has 0 radical (unpaired) electrons. The molecule has 0 aliphatic carbocycles. The van der Waals surface area contributed by atoms with Crippen LogP contribution >= 0.6 is 15.9 Å². The van der Waals surface area contributed by atoms with Gasteiger partial charge in [-0.25, -0.2) is 8.78 Å². The Labute approximate surface area is 130 Å². The summed E-state index contributed by atoms with van der Waals surface area (Å²) in [6.07, 6.45) is 0.619. The van der Waals surface area contributed by atoms with E-state index in [2.05, 4.69) is 27.3 Å². The van der Waals surface area contributed by atoms with Crippen molar-refractivity contribution in [2.24, 2.45) is 0 Å². The van der Waals surface area contributed by atoms with Crippen molar-refractivity contribution in [1.29, 1.82) is 0 Å². The highest BCUT2D eigenvalue weighted by Gasteiger charge is 2.23. The van der Waals surface area contributed by atoms with Gasteiger partial charge >= 0.3 is 0 Å². The molecular formula is C16H14BrF2NO. The maximum absolute atomic E-state index is 13.7. The smallest absolute Gasteiger partial charge is 0.150 e. The van der Waals surface area contributed by atoms with E-state index in [4.69, 9.17) is 4.74 Å². The van der Waals surface area contributed by atoms with Gasteiger partial charge in [-0.1, -0.05) is 33.6 Å². The number of fused-ring (bicyclic) bond motifs is 1. The molecule has 5 heteroatoms. The van der Waals surface area contributed by atoms with E-state index >= 15 is 0 Å². The number of anilines is 1. The zero-order valence-corrected chi connectivity index (χ0v) is 13.0. The van der Waals surface area contributed by atoms with E-state index < -0.39 is 11.6 Å². The van der Waals surface area contributed by atoms with Crippen LogP contribution in [0.2, 0.25) is 0 Å². The predicted octanol–water partition coefficient (Wildman–Crippen LogP) is 4.45. The molecule has 2 aromatic carbocycles. The maximum Gasteiger partial charge on any atom is 0.150 e. The van der Waals surface area contributed by atoms with Crippen LogP contribution in [0.25, 0.3) is 0 Å². The normalized spacial score (nSPS) is 16.5.